The van der Waals surface area contributed by atoms with E-state index in [4.69, 9.17) is 0 Å². The number of amides is 4. The first-order valence-electron chi connectivity index (χ1n) is 14.4. The lowest BCUT2D eigenvalue weighted by Crippen LogP contribution is -2.58. The summed E-state index contributed by atoms with van der Waals surface area (Å²) in [7, 11) is 0. The van der Waals surface area contributed by atoms with Crippen LogP contribution in [0.4, 0.5) is 0 Å². The van der Waals surface area contributed by atoms with Crippen molar-refractivity contribution in [3.63, 3.8) is 0 Å². The van der Waals surface area contributed by atoms with Gasteiger partial charge in [-0.25, -0.2) is 0 Å². The molecule has 2 aliphatic heterocycles. The monoisotopic (exact) mass is 571 g/mol. The third-order valence-corrected chi connectivity index (χ3v) is 8.31. The molecule has 0 radical (unpaired) electrons. The molecule has 3 atom stereocenters. The maximum atomic E-state index is 13.9. The molecule has 2 aliphatic rings. The number of para-hydroxylation sites is 1. The number of fused-ring (bicyclic) bond motifs is 1. The highest BCUT2D eigenvalue weighted by molar-refractivity contribution is 6.38. The zero-order valence-corrected chi connectivity index (χ0v) is 23.9. The molecule has 0 aliphatic carbocycles. The van der Waals surface area contributed by atoms with E-state index in [0.717, 1.165) is 16.5 Å². The van der Waals surface area contributed by atoms with Crippen LogP contribution in [0.2, 0.25) is 0 Å². The first kappa shape index (κ1) is 29.0. The second kappa shape index (κ2) is 12.2. The average molecular weight is 572 g/mol. The standard InChI is InChI=1S/C32H37N5O5/c1-32(2)13-15-37(31(42)25-16-21-10-6-7-11-23(21)35-25)26(18-32)29(40)36-24(17-22-12-14-33-28(22)39)27(38)30(41)34-19-20-8-4-3-5-9-20/h3-11,16,22,24,26,35H,12-15,17-19H2,1-2H3,(H,33,39)(H,34,41)(H,36,40)/t22-,24?,26?/m0/s1. The van der Waals surface area contributed by atoms with E-state index < -0.39 is 35.6 Å². The van der Waals surface area contributed by atoms with Crippen molar-refractivity contribution in [2.24, 2.45) is 11.3 Å². The van der Waals surface area contributed by atoms with Crippen molar-refractivity contribution in [3.05, 3.63) is 71.9 Å². The molecular weight excluding hydrogens is 534 g/mol. The van der Waals surface area contributed by atoms with Crippen LogP contribution in [-0.2, 0) is 25.7 Å². The molecule has 2 saturated heterocycles. The fourth-order valence-corrected chi connectivity index (χ4v) is 5.81. The average Bonchev–Trinajstić information content (AvgIpc) is 3.60. The predicted molar refractivity (Wildman–Crippen MR) is 157 cm³/mol. The van der Waals surface area contributed by atoms with Gasteiger partial charge in [-0.15, -0.1) is 0 Å². The van der Waals surface area contributed by atoms with E-state index in [0.29, 0.717) is 38.0 Å². The van der Waals surface area contributed by atoms with Crippen LogP contribution in [-0.4, -0.2) is 64.5 Å². The molecule has 10 nitrogen and oxygen atoms in total. The molecular formula is C32H37N5O5. The van der Waals surface area contributed by atoms with Crippen LogP contribution in [0.3, 0.4) is 0 Å². The van der Waals surface area contributed by atoms with E-state index in [2.05, 4.69) is 20.9 Å². The number of rotatable bonds is 9. The van der Waals surface area contributed by atoms with Gasteiger partial charge in [0.1, 0.15) is 11.7 Å². The van der Waals surface area contributed by atoms with E-state index in [1.54, 1.807) is 11.0 Å². The summed E-state index contributed by atoms with van der Waals surface area (Å²) in [6.07, 6.45) is 1.60. The highest BCUT2D eigenvalue weighted by atomic mass is 16.2. The fraction of sp³-hybridized carbons (Fsp3) is 0.406. The zero-order valence-electron chi connectivity index (χ0n) is 23.9. The molecule has 0 spiro atoms. The van der Waals surface area contributed by atoms with Crippen molar-refractivity contribution >= 4 is 40.3 Å². The van der Waals surface area contributed by atoms with E-state index in [-0.39, 0.29) is 30.2 Å². The number of nitrogens with one attached hydrogen (secondary N) is 4. The van der Waals surface area contributed by atoms with Crippen molar-refractivity contribution in [1.29, 1.82) is 0 Å². The van der Waals surface area contributed by atoms with Crippen molar-refractivity contribution in [2.75, 3.05) is 13.1 Å². The van der Waals surface area contributed by atoms with Crippen molar-refractivity contribution in [1.82, 2.24) is 25.8 Å². The maximum absolute atomic E-state index is 13.9. The molecule has 2 aromatic carbocycles. The van der Waals surface area contributed by atoms with Gasteiger partial charge in [-0.1, -0.05) is 62.4 Å². The van der Waals surface area contributed by atoms with Gasteiger partial charge >= 0.3 is 0 Å². The highest BCUT2D eigenvalue weighted by Gasteiger charge is 2.42. The number of likely N-dealkylation sites (tertiary alicyclic amines) is 1. The Bertz CT molecular complexity index is 1460. The van der Waals surface area contributed by atoms with Gasteiger partial charge in [0, 0.05) is 36.5 Å². The molecule has 2 unspecified atom stereocenters. The summed E-state index contributed by atoms with van der Waals surface area (Å²) < 4.78 is 0. The SMILES string of the molecule is CC1(C)CCN(C(=O)c2cc3ccccc3[nH]2)C(C(=O)NC(C[C@@H]2CCNC2=O)C(=O)C(=O)NCc2ccccc2)C1. The summed E-state index contributed by atoms with van der Waals surface area (Å²) in [5, 5.41) is 9.05. The second-order valence-corrected chi connectivity index (χ2v) is 12.0. The minimum absolute atomic E-state index is 0.00123. The summed E-state index contributed by atoms with van der Waals surface area (Å²) in [4.78, 5) is 71.0. The van der Waals surface area contributed by atoms with Gasteiger partial charge in [-0.2, -0.15) is 0 Å². The number of carbonyl (C=O) groups is 5. The number of H-pyrrole nitrogens is 1. The van der Waals surface area contributed by atoms with Gasteiger partial charge in [-0.05, 0) is 48.8 Å². The first-order valence-corrected chi connectivity index (χ1v) is 14.4. The smallest absolute Gasteiger partial charge is 0.289 e. The molecule has 0 saturated carbocycles. The quantitative estimate of drug-likeness (QED) is 0.293. The zero-order chi connectivity index (χ0) is 29.9. The molecule has 1 aromatic heterocycles. The first-order chi connectivity index (χ1) is 20.1. The number of hydrogen-bond acceptors (Lipinski definition) is 5. The van der Waals surface area contributed by atoms with Crippen molar-refractivity contribution < 1.29 is 24.0 Å². The van der Waals surface area contributed by atoms with Gasteiger partial charge < -0.3 is 25.8 Å². The molecule has 3 heterocycles. The van der Waals surface area contributed by atoms with Crippen LogP contribution in [0, 0.1) is 11.3 Å². The Morgan fingerprint density at radius 1 is 1.05 bits per heavy atom. The van der Waals surface area contributed by atoms with E-state index >= 15 is 0 Å². The Morgan fingerprint density at radius 3 is 2.50 bits per heavy atom. The number of aromatic amines is 1. The number of nitrogens with zero attached hydrogens (tertiary/aromatic N) is 1. The topological polar surface area (TPSA) is 140 Å². The number of piperidine rings is 1. The van der Waals surface area contributed by atoms with Gasteiger partial charge in [0.25, 0.3) is 11.8 Å². The normalized spacial score (nSPS) is 20.5. The molecule has 5 rings (SSSR count). The molecule has 4 N–H and O–H groups in total. The third kappa shape index (κ3) is 6.53. The summed E-state index contributed by atoms with van der Waals surface area (Å²) >= 11 is 0. The number of aromatic nitrogens is 1. The largest absolute Gasteiger partial charge is 0.356 e. The van der Waals surface area contributed by atoms with E-state index in [9.17, 15) is 24.0 Å². The number of Topliss-reactive ketones (excluding diaryl/α,β-unsaturated/α-hetero) is 1. The molecule has 3 aromatic rings. The summed E-state index contributed by atoms with van der Waals surface area (Å²) in [5.41, 5.74) is 1.80. The fourth-order valence-electron chi connectivity index (χ4n) is 5.81. The van der Waals surface area contributed by atoms with Gasteiger partial charge in [0.2, 0.25) is 17.6 Å². The van der Waals surface area contributed by atoms with E-state index in [1.807, 2.05) is 68.4 Å². The molecule has 2 fully saturated rings. The molecule has 10 heteroatoms. The van der Waals surface area contributed by atoms with Crippen LogP contribution in [0.1, 0.15) is 55.6 Å². The number of carbonyl (C=O) groups excluding carboxylic acids is 5. The predicted octanol–water partition coefficient (Wildman–Crippen LogP) is 2.70. The number of hydrogen-bond donors (Lipinski definition) is 4. The molecule has 220 valence electrons. The molecule has 42 heavy (non-hydrogen) atoms. The Kier molecular flexibility index (Phi) is 8.42. The molecule has 0 bridgehead atoms. The summed E-state index contributed by atoms with van der Waals surface area (Å²) in [5.74, 6) is -3.19. The Morgan fingerprint density at radius 2 is 1.79 bits per heavy atom. The Labute approximate surface area is 244 Å². The van der Waals surface area contributed by atoms with Crippen molar-refractivity contribution in [3.8, 4) is 0 Å². The Balaban J connectivity index is 1.35. The maximum Gasteiger partial charge on any atom is 0.289 e. The second-order valence-electron chi connectivity index (χ2n) is 12.0. The summed E-state index contributed by atoms with van der Waals surface area (Å²) in [6, 6.07) is 16.4. The minimum Gasteiger partial charge on any atom is -0.356 e. The van der Waals surface area contributed by atoms with Crippen molar-refractivity contribution in [2.45, 2.75) is 58.2 Å². The van der Waals surface area contributed by atoms with Crippen LogP contribution in [0.15, 0.2) is 60.7 Å². The lowest BCUT2D eigenvalue weighted by molar-refractivity contribution is -0.141. The number of benzene rings is 2. The van der Waals surface area contributed by atoms with E-state index in [1.165, 1.54) is 0 Å². The van der Waals surface area contributed by atoms with Gasteiger partial charge in [0.05, 0.1) is 6.04 Å². The lowest BCUT2D eigenvalue weighted by atomic mass is 9.78. The summed E-state index contributed by atoms with van der Waals surface area (Å²) in [6.45, 7) is 5.07. The van der Waals surface area contributed by atoms with Crippen LogP contribution >= 0.6 is 0 Å². The molecule has 4 amide bonds. The third-order valence-electron chi connectivity index (χ3n) is 8.31. The minimum atomic E-state index is -1.21. The van der Waals surface area contributed by atoms with Gasteiger partial charge in [0.15, 0.2) is 0 Å². The lowest BCUT2D eigenvalue weighted by Gasteiger charge is -2.42. The number of ketones is 1. The Hall–Kier alpha value is -4.47. The van der Waals surface area contributed by atoms with Crippen LogP contribution in [0.25, 0.3) is 10.9 Å². The highest BCUT2D eigenvalue weighted by Crippen LogP contribution is 2.35. The van der Waals surface area contributed by atoms with Crippen LogP contribution in [0.5, 0.6) is 0 Å². The van der Waals surface area contributed by atoms with Gasteiger partial charge in [-0.3, -0.25) is 24.0 Å². The van der Waals surface area contributed by atoms with Crippen LogP contribution < -0.4 is 16.0 Å².